The number of nitrogens with zero attached hydrogens (tertiary/aromatic N) is 3. The van der Waals surface area contributed by atoms with Crippen molar-refractivity contribution in [3.63, 3.8) is 0 Å². The Morgan fingerprint density at radius 1 is 1.06 bits per heavy atom. The molecular weight excluding hydrogens is 449 g/mol. The molecule has 170 valence electrons. The Bertz CT molecular complexity index is 1050. The summed E-state index contributed by atoms with van der Waals surface area (Å²) in [5.41, 5.74) is 1.32. The molecule has 0 unspecified atom stereocenters. The van der Waals surface area contributed by atoms with Gasteiger partial charge < -0.3 is 18.8 Å². The van der Waals surface area contributed by atoms with Crippen molar-refractivity contribution < 1.29 is 14.0 Å². The van der Waals surface area contributed by atoms with Crippen molar-refractivity contribution in [3.05, 3.63) is 82.0 Å². The molecule has 0 N–H and O–H groups in total. The molecule has 3 aromatic rings. The molecule has 1 aromatic carbocycles. The van der Waals surface area contributed by atoms with Crippen LogP contribution in [0.5, 0.6) is 0 Å². The number of furan rings is 1. The highest BCUT2D eigenvalue weighted by Crippen LogP contribution is 2.23. The Morgan fingerprint density at radius 3 is 2.50 bits per heavy atom. The van der Waals surface area contributed by atoms with Crippen molar-refractivity contribution in [1.29, 1.82) is 0 Å². The summed E-state index contributed by atoms with van der Waals surface area (Å²) in [5, 5.41) is 0.725. The minimum atomic E-state index is -0.287. The summed E-state index contributed by atoms with van der Waals surface area (Å²) in [6.45, 7) is 3.16. The van der Waals surface area contributed by atoms with Gasteiger partial charge in [0.25, 0.3) is 5.91 Å². The number of unbranched alkanes of at least 4 members (excludes halogenated alkanes) is 1. The SMILES string of the molecule is CCCCN(CC(=O)N(Cc1ccco1)Cc1cccn1C)C(=O)c1ccc(Cl)cc1Cl. The Kier molecular flexibility index (Phi) is 8.42. The van der Waals surface area contributed by atoms with E-state index in [4.69, 9.17) is 27.6 Å². The third kappa shape index (κ3) is 6.17. The largest absolute Gasteiger partial charge is 0.467 e. The lowest BCUT2D eigenvalue weighted by Gasteiger charge is -2.28. The summed E-state index contributed by atoms with van der Waals surface area (Å²) in [5.74, 6) is 0.224. The first-order valence-corrected chi connectivity index (χ1v) is 11.3. The highest BCUT2D eigenvalue weighted by atomic mass is 35.5. The van der Waals surface area contributed by atoms with Crippen LogP contribution in [0.1, 0.15) is 41.6 Å². The van der Waals surface area contributed by atoms with Crippen molar-refractivity contribution in [2.24, 2.45) is 7.05 Å². The highest BCUT2D eigenvalue weighted by Gasteiger charge is 2.24. The number of amides is 2. The van der Waals surface area contributed by atoms with Gasteiger partial charge in [-0.2, -0.15) is 0 Å². The quantitative estimate of drug-likeness (QED) is 0.394. The highest BCUT2D eigenvalue weighted by molar-refractivity contribution is 6.36. The third-order valence-corrected chi connectivity index (χ3v) is 5.79. The van der Waals surface area contributed by atoms with Crippen LogP contribution in [-0.2, 0) is 24.9 Å². The molecule has 0 atom stereocenters. The van der Waals surface area contributed by atoms with E-state index >= 15 is 0 Å². The van der Waals surface area contributed by atoms with Crippen molar-refractivity contribution in [2.75, 3.05) is 13.1 Å². The molecule has 0 saturated heterocycles. The number of rotatable bonds is 10. The van der Waals surface area contributed by atoms with Gasteiger partial charge in [-0.05, 0) is 48.9 Å². The molecule has 0 bridgehead atoms. The van der Waals surface area contributed by atoms with Gasteiger partial charge in [0.1, 0.15) is 12.3 Å². The van der Waals surface area contributed by atoms with Gasteiger partial charge >= 0.3 is 0 Å². The first-order valence-electron chi connectivity index (χ1n) is 10.5. The summed E-state index contributed by atoms with van der Waals surface area (Å²) < 4.78 is 7.43. The van der Waals surface area contributed by atoms with Gasteiger partial charge in [0.15, 0.2) is 0 Å². The smallest absolute Gasteiger partial charge is 0.255 e. The maximum atomic E-state index is 13.4. The number of halogens is 2. The molecule has 0 aliphatic heterocycles. The second-order valence-electron chi connectivity index (χ2n) is 7.64. The van der Waals surface area contributed by atoms with E-state index in [1.165, 1.54) is 6.07 Å². The molecule has 6 nitrogen and oxygen atoms in total. The minimum absolute atomic E-state index is 0.0527. The molecule has 0 radical (unpaired) electrons. The summed E-state index contributed by atoms with van der Waals surface area (Å²) in [6.07, 6.45) is 5.19. The third-order valence-electron chi connectivity index (χ3n) is 5.24. The molecule has 2 aromatic heterocycles. The summed E-state index contributed by atoms with van der Waals surface area (Å²) in [7, 11) is 1.94. The molecule has 0 fully saturated rings. The number of aromatic nitrogens is 1. The Balaban J connectivity index is 1.81. The number of aryl methyl sites for hydroxylation is 1. The van der Waals surface area contributed by atoms with Gasteiger partial charge in [0, 0.05) is 30.5 Å². The van der Waals surface area contributed by atoms with Gasteiger partial charge in [-0.15, -0.1) is 0 Å². The number of hydrogen-bond donors (Lipinski definition) is 0. The first kappa shape index (κ1) is 24.0. The zero-order valence-corrected chi connectivity index (χ0v) is 19.8. The maximum absolute atomic E-state index is 13.4. The van der Waals surface area contributed by atoms with Gasteiger partial charge in [-0.1, -0.05) is 36.5 Å². The van der Waals surface area contributed by atoms with E-state index in [1.807, 2.05) is 42.9 Å². The van der Waals surface area contributed by atoms with E-state index < -0.39 is 0 Å². The molecule has 0 aliphatic rings. The molecule has 0 saturated carbocycles. The molecule has 0 spiro atoms. The van der Waals surface area contributed by atoms with Crippen LogP contribution in [0.2, 0.25) is 10.0 Å². The second kappa shape index (κ2) is 11.2. The van der Waals surface area contributed by atoms with Crippen molar-refractivity contribution >= 4 is 35.0 Å². The van der Waals surface area contributed by atoms with E-state index in [-0.39, 0.29) is 23.4 Å². The minimum Gasteiger partial charge on any atom is -0.467 e. The zero-order valence-electron chi connectivity index (χ0n) is 18.3. The van der Waals surface area contributed by atoms with E-state index in [0.29, 0.717) is 36.0 Å². The van der Waals surface area contributed by atoms with Crippen molar-refractivity contribution in [2.45, 2.75) is 32.9 Å². The molecular formula is C24H27Cl2N3O3. The lowest BCUT2D eigenvalue weighted by molar-refractivity contribution is -0.133. The topological polar surface area (TPSA) is 58.7 Å². The predicted molar refractivity (Wildman–Crippen MR) is 126 cm³/mol. The molecule has 32 heavy (non-hydrogen) atoms. The number of hydrogen-bond acceptors (Lipinski definition) is 3. The zero-order chi connectivity index (χ0) is 23.1. The van der Waals surface area contributed by atoms with Crippen LogP contribution in [0.15, 0.2) is 59.3 Å². The normalized spacial score (nSPS) is 10.9. The van der Waals surface area contributed by atoms with E-state index in [2.05, 4.69) is 0 Å². The number of carbonyl (C=O) groups excluding carboxylic acids is 2. The number of benzene rings is 1. The van der Waals surface area contributed by atoms with Gasteiger partial charge in [-0.3, -0.25) is 9.59 Å². The van der Waals surface area contributed by atoms with Crippen LogP contribution in [0.4, 0.5) is 0 Å². The van der Waals surface area contributed by atoms with Gasteiger partial charge in [0.05, 0.1) is 29.9 Å². The molecule has 2 heterocycles. The summed E-state index contributed by atoms with van der Waals surface area (Å²) in [4.78, 5) is 29.9. The average molecular weight is 476 g/mol. The Hall–Kier alpha value is -2.70. The molecule has 0 aliphatic carbocycles. The van der Waals surface area contributed by atoms with Gasteiger partial charge in [0.2, 0.25) is 5.91 Å². The fourth-order valence-electron chi connectivity index (χ4n) is 3.38. The second-order valence-corrected chi connectivity index (χ2v) is 8.49. The Labute approximate surface area is 198 Å². The lowest BCUT2D eigenvalue weighted by atomic mass is 10.1. The molecule has 2 amide bonds. The average Bonchev–Trinajstić information content (AvgIpc) is 3.42. The van der Waals surface area contributed by atoms with Crippen molar-refractivity contribution in [3.8, 4) is 0 Å². The van der Waals surface area contributed by atoms with E-state index in [1.54, 1.807) is 34.3 Å². The van der Waals surface area contributed by atoms with Crippen LogP contribution < -0.4 is 0 Å². The van der Waals surface area contributed by atoms with Crippen LogP contribution in [0.25, 0.3) is 0 Å². The number of carbonyl (C=O) groups is 2. The lowest BCUT2D eigenvalue weighted by Crippen LogP contribution is -2.43. The van der Waals surface area contributed by atoms with Crippen LogP contribution in [0, 0.1) is 0 Å². The standard InChI is InChI=1S/C24H27Cl2N3O3/c1-3-4-12-28(24(31)21-10-9-18(25)14-22(21)26)17-23(30)29(16-20-8-6-13-32-20)15-19-7-5-11-27(19)2/h5-11,13-14H,3-4,12,15-17H2,1-2H3. The van der Waals surface area contributed by atoms with Crippen LogP contribution in [0.3, 0.4) is 0 Å². The first-order chi connectivity index (χ1) is 15.4. The van der Waals surface area contributed by atoms with Crippen LogP contribution >= 0.6 is 23.2 Å². The van der Waals surface area contributed by atoms with Crippen molar-refractivity contribution in [1.82, 2.24) is 14.4 Å². The van der Waals surface area contributed by atoms with E-state index in [9.17, 15) is 9.59 Å². The summed E-state index contributed by atoms with van der Waals surface area (Å²) >= 11 is 12.2. The molecule has 8 heteroatoms. The fraction of sp³-hybridized carbons (Fsp3) is 0.333. The monoisotopic (exact) mass is 475 g/mol. The Morgan fingerprint density at radius 2 is 1.88 bits per heavy atom. The van der Waals surface area contributed by atoms with Crippen LogP contribution in [-0.4, -0.2) is 39.3 Å². The summed E-state index contributed by atoms with van der Waals surface area (Å²) in [6, 6.07) is 12.3. The fourth-order valence-corrected chi connectivity index (χ4v) is 3.87. The molecule has 3 rings (SSSR count). The van der Waals surface area contributed by atoms with E-state index in [0.717, 1.165) is 18.5 Å². The van der Waals surface area contributed by atoms with Gasteiger partial charge in [-0.25, -0.2) is 0 Å². The maximum Gasteiger partial charge on any atom is 0.255 e. The predicted octanol–water partition coefficient (Wildman–Crippen LogP) is 5.40.